The van der Waals surface area contributed by atoms with Crippen LogP contribution in [-0.2, 0) is 22.1 Å². The number of aryl methyl sites for hydroxylation is 2. The van der Waals surface area contributed by atoms with E-state index >= 15 is 0 Å². The zero-order valence-electron chi connectivity index (χ0n) is 15.7. The molecule has 0 bridgehead atoms. The van der Waals surface area contributed by atoms with Crippen LogP contribution in [0.15, 0.2) is 53.7 Å². The summed E-state index contributed by atoms with van der Waals surface area (Å²) < 4.78 is 26.4. The predicted molar refractivity (Wildman–Crippen MR) is 107 cm³/mol. The molecule has 0 aliphatic rings. The molecule has 0 amide bonds. The van der Waals surface area contributed by atoms with Crippen molar-refractivity contribution in [3.8, 4) is 16.8 Å². The quantitative estimate of drug-likeness (QED) is 0.654. The SMILES string of the molecule is CCCn1cc(-n2cc(-c3ccc(CS(C)(=O)=O)cc3C)cn2)ccc1=O. The van der Waals surface area contributed by atoms with Crippen molar-refractivity contribution in [1.82, 2.24) is 14.3 Å². The van der Waals surface area contributed by atoms with Gasteiger partial charge in [0.2, 0.25) is 0 Å². The lowest BCUT2D eigenvalue weighted by Crippen LogP contribution is -2.19. The van der Waals surface area contributed by atoms with E-state index in [1.807, 2.05) is 44.4 Å². The largest absolute Gasteiger partial charge is 0.313 e. The summed E-state index contributed by atoms with van der Waals surface area (Å²) in [5.41, 5.74) is 4.50. The molecule has 2 aromatic heterocycles. The second-order valence-corrected chi connectivity index (χ2v) is 8.95. The van der Waals surface area contributed by atoms with Crippen molar-refractivity contribution < 1.29 is 8.42 Å². The molecule has 0 unspecified atom stereocenters. The van der Waals surface area contributed by atoms with Crippen LogP contribution in [0.2, 0.25) is 0 Å². The fourth-order valence-corrected chi connectivity index (χ4v) is 3.90. The van der Waals surface area contributed by atoms with Gasteiger partial charge in [0.25, 0.3) is 5.56 Å². The number of aromatic nitrogens is 3. The van der Waals surface area contributed by atoms with Crippen LogP contribution >= 0.6 is 0 Å². The van der Waals surface area contributed by atoms with E-state index in [1.165, 1.54) is 6.26 Å². The van der Waals surface area contributed by atoms with Crippen molar-refractivity contribution in [2.75, 3.05) is 6.26 Å². The summed E-state index contributed by atoms with van der Waals surface area (Å²) in [6.07, 6.45) is 7.61. The van der Waals surface area contributed by atoms with E-state index in [4.69, 9.17) is 0 Å². The average Bonchev–Trinajstić information content (AvgIpc) is 3.05. The highest BCUT2D eigenvalue weighted by atomic mass is 32.2. The van der Waals surface area contributed by atoms with Gasteiger partial charge in [-0.2, -0.15) is 5.10 Å². The molecule has 3 aromatic rings. The normalized spacial score (nSPS) is 11.7. The molecule has 0 aliphatic heterocycles. The van der Waals surface area contributed by atoms with Gasteiger partial charge in [0.15, 0.2) is 9.84 Å². The van der Waals surface area contributed by atoms with Crippen LogP contribution in [0.5, 0.6) is 0 Å². The first kappa shape index (κ1) is 19.1. The molecule has 0 fully saturated rings. The van der Waals surface area contributed by atoms with Crippen LogP contribution in [-0.4, -0.2) is 29.0 Å². The molecule has 27 heavy (non-hydrogen) atoms. The van der Waals surface area contributed by atoms with Crippen LogP contribution in [0.25, 0.3) is 16.8 Å². The van der Waals surface area contributed by atoms with Gasteiger partial charge < -0.3 is 4.57 Å². The van der Waals surface area contributed by atoms with E-state index in [-0.39, 0.29) is 11.3 Å². The van der Waals surface area contributed by atoms with Crippen molar-refractivity contribution in [3.63, 3.8) is 0 Å². The maximum absolute atomic E-state index is 11.9. The Labute approximate surface area is 159 Å². The molecule has 0 atom stereocenters. The minimum Gasteiger partial charge on any atom is -0.313 e. The summed E-state index contributed by atoms with van der Waals surface area (Å²) in [4.78, 5) is 11.9. The van der Waals surface area contributed by atoms with Crippen molar-refractivity contribution in [1.29, 1.82) is 0 Å². The average molecular weight is 385 g/mol. The Hall–Kier alpha value is -2.67. The van der Waals surface area contributed by atoms with Crippen molar-refractivity contribution >= 4 is 9.84 Å². The van der Waals surface area contributed by atoms with Crippen molar-refractivity contribution in [3.05, 3.63) is 70.4 Å². The zero-order valence-corrected chi connectivity index (χ0v) is 16.5. The first-order chi connectivity index (χ1) is 12.8. The Bertz CT molecular complexity index is 1130. The lowest BCUT2D eigenvalue weighted by atomic mass is 10.0. The molecular weight excluding hydrogens is 362 g/mol. The van der Waals surface area contributed by atoms with Crippen LogP contribution in [0.1, 0.15) is 24.5 Å². The van der Waals surface area contributed by atoms with Gasteiger partial charge in [0.05, 0.1) is 17.6 Å². The molecule has 2 heterocycles. The minimum absolute atomic E-state index is 0.0229. The summed E-state index contributed by atoms with van der Waals surface area (Å²) >= 11 is 0. The predicted octanol–water partition coefficient (Wildman–Crippen LogP) is 2.96. The smallest absolute Gasteiger partial charge is 0.250 e. The molecule has 3 rings (SSSR count). The summed E-state index contributed by atoms with van der Waals surface area (Å²) in [6.45, 7) is 4.66. The first-order valence-electron chi connectivity index (χ1n) is 8.80. The van der Waals surface area contributed by atoms with Crippen LogP contribution < -0.4 is 5.56 Å². The van der Waals surface area contributed by atoms with Gasteiger partial charge in [-0.05, 0) is 36.1 Å². The Morgan fingerprint density at radius 2 is 1.89 bits per heavy atom. The Morgan fingerprint density at radius 3 is 2.56 bits per heavy atom. The number of hydrogen-bond donors (Lipinski definition) is 0. The van der Waals surface area contributed by atoms with Gasteiger partial charge in [-0.3, -0.25) is 4.79 Å². The van der Waals surface area contributed by atoms with Gasteiger partial charge in [0.1, 0.15) is 0 Å². The van der Waals surface area contributed by atoms with E-state index in [0.717, 1.165) is 34.4 Å². The molecule has 0 aliphatic carbocycles. The van der Waals surface area contributed by atoms with E-state index in [1.54, 1.807) is 27.6 Å². The summed E-state index contributed by atoms with van der Waals surface area (Å²) in [5.74, 6) is 0.0341. The van der Waals surface area contributed by atoms with Crippen molar-refractivity contribution in [2.45, 2.75) is 32.6 Å². The molecule has 0 saturated carbocycles. The number of pyridine rings is 1. The number of benzene rings is 1. The third kappa shape index (κ3) is 4.54. The fraction of sp³-hybridized carbons (Fsp3) is 0.300. The molecule has 1 aromatic carbocycles. The summed E-state index contributed by atoms with van der Waals surface area (Å²) in [7, 11) is -3.06. The molecule has 142 valence electrons. The van der Waals surface area contributed by atoms with E-state index in [2.05, 4.69) is 5.10 Å². The molecule has 0 saturated heterocycles. The third-order valence-corrected chi connectivity index (χ3v) is 5.17. The zero-order chi connectivity index (χ0) is 19.6. The maximum Gasteiger partial charge on any atom is 0.250 e. The van der Waals surface area contributed by atoms with Gasteiger partial charge in [-0.15, -0.1) is 0 Å². The van der Waals surface area contributed by atoms with Crippen molar-refractivity contribution in [2.24, 2.45) is 0 Å². The minimum atomic E-state index is -3.06. The highest BCUT2D eigenvalue weighted by molar-refractivity contribution is 7.89. The van der Waals surface area contributed by atoms with E-state index < -0.39 is 9.84 Å². The molecule has 0 spiro atoms. The number of sulfone groups is 1. The summed E-state index contributed by atoms with van der Waals surface area (Å²) in [5, 5.41) is 4.42. The third-order valence-electron chi connectivity index (χ3n) is 4.31. The molecule has 7 heteroatoms. The van der Waals surface area contributed by atoms with Gasteiger partial charge in [-0.25, -0.2) is 13.1 Å². The van der Waals surface area contributed by atoms with Gasteiger partial charge >= 0.3 is 0 Å². The lowest BCUT2D eigenvalue weighted by molar-refractivity contribution is 0.601. The highest BCUT2D eigenvalue weighted by Crippen LogP contribution is 2.25. The second-order valence-electron chi connectivity index (χ2n) is 6.81. The number of nitrogens with zero attached hydrogens (tertiary/aromatic N) is 3. The fourth-order valence-electron chi connectivity index (χ4n) is 3.12. The Morgan fingerprint density at radius 1 is 1.11 bits per heavy atom. The molecular formula is C20H23N3O3S. The molecule has 6 nitrogen and oxygen atoms in total. The molecule has 0 radical (unpaired) electrons. The standard InChI is InChI=1S/C20H23N3O3S/c1-4-9-22-13-18(6-8-20(22)24)23-12-17(11-21-23)19-7-5-16(10-15(19)2)14-27(3,25)26/h5-8,10-13H,4,9,14H2,1-3H3. The van der Waals surface area contributed by atoms with E-state index in [9.17, 15) is 13.2 Å². The topological polar surface area (TPSA) is 74.0 Å². The second kappa shape index (κ2) is 7.52. The van der Waals surface area contributed by atoms with E-state index in [0.29, 0.717) is 6.54 Å². The number of rotatable bonds is 6. The highest BCUT2D eigenvalue weighted by Gasteiger charge is 2.10. The molecule has 0 N–H and O–H groups in total. The van der Waals surface area contributed by atoms with Crippen LogP contribution in [0.3, 0.4) is 0 Å². The van der Waals surface area contributed by atoms with Gasteiger partial charge in [-0.1, -0.05) is 25.1 Å². The maximum atomic E-state index is 11.9. The lowest BCUT2D eigenvalue weighted by Gasteiger charge is -2.08. The summed E-state index contributed by atoms with van der Waals surface area (Å²) in [6, 6.07) is 8.97. The monoisotopic (exact) mass is 385 g/mol. The Kier molecular flexibility index (Phi) is 5.32. The number of hydrogen-bond acceptors (Lipinski definition) is 4. The van der Waals surface area contributed by atoms with Crippen LogP contribution in [0.4, 0.5) is 0 Å². The van der Waals surface area contributed by atoms with Gasteiger partial charge in [0, 0.05) is 36.8 Å². The van der Waals surface area contributed by atoms with Crippen LogP contribution in [0, 0.1) is 6.92 Å². The first-order valence-corrected chi connectivity index (χ1v) is 10.9. The Balaban J connectivity index is 1.92.